The number of fused-ring (bicyclic) bond motifs is 1. The molecular weight excluding hydrogens is 648 g/mol. The second kappa shape index (κ2) is 12.3. The number of halogens is 7. The molecule has 1 N–H and O–H groups in total. The second-order valence-corrected chi connectivity index (χ2v) is 16.9. The van der Waals surface area contributed by atoms with Crippen molar-refractivity contribution >= 4 is 41.8 Å². The van der Waals surface area contributed by atoms with Crippen molar-refractivity contribution in [3.63, 3.8) is 0 Å². The van der Waals surface area contributed by atoms with Gasteiger partial charge in [0.05, 0.1) is 16.8 Å². The highest BCUT2D eigenvalue weighted by molar-refractivity contribution is 6.99. The van der Waals surface area contributed by atoms with E-state index in [0.717, 1.165) is 15.3 Å². The Bertz CT molecular complexity index is 1660. The van der Waals surface area contributed by atoms with E-state index < -0.39 is 54.7 Å². The molecule has 0 amide bonds. The zero-order valence-electron chi connectivity index (χ0n) is 25.4. The van der Waals surface area contributed by atoms with E-state index in [4.69, 9.17) is 16.0 Å². The van der Waals surface area contributed by atoms with Crippen LogP contribution in [0.5, 0.6) is 0 Å². The molecule has 2 heterocycles. The van der Waals surface area contributed by atoms with Crippen molar-refractivity contribution in [2.75, 3.05) is 11.5 Å². The Balaban J connectivity index is 1.64. The summed E-state index contributed by atoms with van der Waals surface area (Å²) in [6, 6.07) is 20.9. The van der Waals surface area contributed by atoms with Gasteiger partial charge in [0.2, 0.25) is 0 Å². The van der Waals surface area contributed by atoms with E-state index in [0.29, 0.717) is 12.1 Å². The molecule has 0 saturated heterocycles. The molecule has 244 valence electrons. The molecule has 1 aromatic heterocycles. The van der Waals surface area contributed by atoms with Gasteiger partial charge >= 0.3 is 12.4 Å². The number of hydrogen-bond acceptors (Lipinski definition) is 5. The summed E-state index contributed by atoms with van der Waals surface area (Å²) < 4.78 is 90.1. The number of rotatable bonds is 6. The number of hydrogen-bond donors (Lipinski definition) is 1. The maximum Gasteiger partial charge on any atom is 0.418 e. The predicted molar refractivity (Wildman–Crippen MR) is 167 cm³/mol. The van der Waals surface area contributed by atoms with Crippen molar-refractivity contribution < 1.29 is 35.9 Å². The number of alkyl halides is 6. The first-order valence-corrected chi connectivity index (χ1v) is 16.8. The number of benzene rings is 3. The monoisotopic (exact) mass is 679 g/mol. The summed E-state index contributed by atoms with van der Waals surface area (Å²) in [5.41, 5.74) is -3.48. The molecule has 0 saturated carbocycles. The Labute approximate surface area is 269 Å². The summed E-state index contributed by atoms with van der Waals surface area (Å²) in [5, 5.41) is 13.0. The summed E-state index contributed by atoms with van der Waals surface area (Å²) >= 11 is 6.66. The minimum atomic E-state index is -5.18. The van der Waals surface area contributed by atoms with Crippen molar-refractivity contribution in [3.8, 4) is 0 Å². The maximum absolute atomic E-state index is 14.2. The predicted octanol–water partition coefficient (Wildman–Crippen LogP) is 8.00. The Kier molecular flexibility index (Phi) is 9.06. The molecule has 46 heavy (non-hydrogen) atoms. The Morgan fingerprint density at radius 3 is 1.93 bits per heavy atom. The molecule has 2 atom stereocenters. The van der Waals surface area contributed by atoms with Crippen molar-refractivity contribution in [2.45, 2.75) is 63.7 Å². The van der Waals surface area contributed by atoms with Gasteiger partial charge in [0.25, 0.3) is 8.32 Å². The minimum Gasteiger partial charge on any atom is -0.407 e. The smallest absolute Gasteiger partial charge is 0.407 e. The van der Waals surface area contributed by atoms with Crippen molar-refractivity contribution in [1.82, 2.24) is 9.97 Å². The van der Waals surface area contributed by atoms with Gasteiger partial charge in [-0.1, -0.05) is 93.0 Å². The Morgan fingerprint density at radius 2 is 1.43 bits per heavy atom. The van der Waals surface area contributed by atoms with Gasteiger partial charge in [-0.25, -0.2) is 9.97 Å². The lowest BCUT2D eigenvalue weighted by Crippen LogP contribution is -2.67. The minimum absolute atomic E-state index is 0.0104. The van der Waals surface area contributed by atoms with Crippen LogP contribution in [-0.4, -0.2) is 36.2 Å². The lowest BCUT2D eigenvalue weighted by atomic mass is 9.91. The van der Waals surface area contributed by atoms with Crippen LogP contribution in [0, 0.1) is 6.92 Å². The van der Waals surface area contributed by atoms with E-state index >= 15 is 0 Å². The first-order chi connectivity index (χ1) is 21.4. The van der Waals surface area contributed by atoms with E-state index in [2.05, 4.69) is 30.7 Å². The standard InChI is InChI=1S/C33H32ClF6N3O2Si/c1-20-41-29(34)28-21(19-45-46(31(2,3)4,23-11-7-5-8-12-23)24-13-9-6-10-14-24)17-27(44)43(30(28)42-20)26-16-15-22(32(35,36)37)18-25(26)33(38,39)40/h5-16,18,21,27,44H,17,19H2,1-4H3. The van der Waals surface area contributed by atoms with Gasteiger partial charge in [-0.3, -0.25) is 4.90 Å². The fraction of sp³-hybridized carbons (Fsp3) is 0.333. The molecule has 5 nitrogen and oxygen atoms in total. The zero-order valence-corrected chi connectivity index (χ0v) is 27.2. The number of anilines is 2. The fourth-order valence-corrected chi connectivity index (χ4v) is 11.2. The topological polar surface area (TPSA) is 58.5 Å². The quantitative estimate of drug-likeness (QED) is 0.127. The van der Waals surface area contributed by atoms with Crippen LogP contribution < -0.4 is 15.3 Å². The fourth-order valence-electron chi connectivity index (χ4n) is 6.25. The van der Waals surface area contributed by atoms with Gasteiger partial charge in [-0.15, -0.1) is 0 Å². The van der Waals surface area contributed by atoms with Crippen molar-refractivity contribution in [3.05, 3.63) is 107 Å². The lowest BCUT2D eigenvalue weighted by molar-refractivity contribution is -0.142. The molecule has 0 bridgehead atoms. The van der Waals surface area contributed by atoms with E-state index in [1.165, 1.54) is 6.92 Å². The van der Waals surface area contributed by atoms with Crippen LogP contribution in [0.3, 0.4) is 0 Å². The van der Waals surface area contributed by atoms with Gasteiger partial charge in [-0.2, -0.15) is 26.3 Å². The molecule has 0 radical (unpaired) electrons. The van der Waals surface area contributed by atoms with Crippen LogP contribution in [-0.2, 0) is 16.8 Å². The molecule has 4 aromatic rings. The second-order valence-electron chi connectivity index (χ2n) is 12.3. The third-order valence-corrected chi connectivity index (χ3v) is 13.5. The summed E-state index contributed by atoms with van der Waals surface area (Å²) in [5.74, 6) is -0.688. The molecule has 2 unspecified atom stereocenters. The van der Waals surface area contributed by atoms with Crippen molar-refractivity contribution in [1.29, 1.82) is 0 Å². The third kappa shape index (κ3) is 6.27. The van der Waals surface area contributed by atoms with Crippen molar-refractivity contribution in [2.24, 2.45) is 0 Å². The van der Waals surface area contributed by atoms with E-state index in [1.807, 2.05) is 60.7 Å². The summed E-state index contributed by atoms with van der Waals surface area (Å²) in [7, 11) is -3.08. The first-order valence-electron chi connectivity index (χ1n) is 14.5. The molecule has 13 heteroatoms. The van der Waals surface area contributed by atoms with Gasteiger partial charge in [-0.05, 0) is 40.5 Å². The summed E-state index contributed by atoms with van der Waals surface area (Å²) in [4.78, 5) is 9.51. The number of aliphatic hydroxyl groups is 1. The number of nitrogens with zero attached hydrogens (tertiary/aromatic N) is 3. The Hall–Kier alpha value is -3.45. The number of aryl methyl sites for hydroxylation is 1. The molecule has 5 rings (SSSR count). The molecule has 0 spiro atoms. The van der Waals surface area contributed by atoms with Gasteiger partial charge < -0.3 is 9.53 Å². The molecule has 0 fully saturated rings. The van der Waals surface area contributed by atoms with Crippen LogP contribution in [0.2, 0.25) is 10.2 Å². The molecule has 0 aliphatic carbocycles. The van der Waals surface area contributed by atoms with Gasteiger partial charge in [0.1, 0.15) is 23.0 Å². The maximum atomic E-state index is 14.2. The Morgan fingerprint density at radius 1 is 0.870 bits per heavy atom. The zero-order chi connectivity index (χ0) is 33.7. The summed E-state index contributed by atoms with van der Waals surface area (Å²) in [6.45, 7) is 7.76. The molecular formula is C33H32ClF6N3O2Si. The van der Waals surface area contributed by atoms with E-state index in [9.17, 15) is 31.4 Å². The summed E-state index contributed by atoms with van der Waals surface area (Å²) in [6.07, 6.45) is -12.0. The van der Waals surface area contributed by atoms with E-state index in [-0.39, 0.29) is 41.5 Å². The molecule has 3 aromatic carbocycles. The van der Waals surface area contributed by atoms with Gasteiger partial charge in [0, 0.05) is 24.5 Å². The normalized spacial score (nSPS) is 17.6. The van der Waals surface area contributed by atoms with Crippen LogP contribution in [0.1, 0.15) is 55.6 Å². The SMILES string of the molecule is Cc1nc(Cl)c2c(n1)N(c1ccc(C(F)(F)F)cc1C(F)(F)F)C(O)CC2CO[Si](c1ccccc1)(c1ccccc1)C(C)(C)C. The average molecular weight is 680 g/mol. The highest BCUT2D eigenvalue weighted by Gasteiger charge is 2.51. The average Bonchev–Trinajstić information content (AvgIpc) is 2.96. The number of aromatic nitrogens is 2. The lowest BCUT2D eigenvalue weighted by Gasteiger charge is -2.45. The van der Waals surface area contributed by atoms with Gasteiger partial charge in [0.15, 0.2) is 0 Å². The van der Waals surface area contributed by atoms with Crippen LogP contribution in [0.4, 0.5) is 37.8 Å². The third-order valence-electron chi connectivity index (χ3n) is 8.23. The van der Waals surface area contributed by atoms with Crippen LogP contribution >= 0.6 is 11.6 Å². The largest absolute Gasteiger partial charge is 0.418 e. The number of aliphatic hydroxyl groups excluding tert-OH is 1. The highest BCUT2D eigenvalue weighted by Crippen LogP contribution is 2.49. The van der Waals surface area contributed by atoms with Crippen LogP contribution in [0.25, 0.3) is 0 Å². The highest BCUT2D eigenvalue weighted by atomic mass is 35.5. The van der Waals surface area contributed by atoms with E-state index in [1.54, 1.807) is 0 Å². The molecule has 1 aliphatic rings. The molecule has 1 aliphatic heterocycles. The first kappa shape index (κ1) is 33.9. The van der Waals surface area contributed by atoms with Crippen LogP contribution in [0.15, 0.2) is 78.9 Å².